The summed E-state index contributed by atoms with van der Waals surface area (Å²) in [6.07, 6.45) is 4.10. The normalized spacial score (nSPS) is 10.5. The van der Waals surface area contributed by atoms with Crippen LogP contribution in [0, 0.1) is 20.8 Å². The van der Waals surface area contributed by atoms with Crippen LogP contribution < -0.4 is 0 Å². The first kappa shape index (κ1) is 13.6. The van der Waals surface area contributed by atoms with E-state index in [0.717, 1.165) is 12.8 Å². The molecule has 0 amide bonds. The third-order valence-corrected chi connectivity index (χ3v) is 3.72. The molecule has 0 nitrogen and oxygen atoms in total. The highest BCUT2D eigenvalue weighted by Crippen LogP contribution is 2.19. The van der Waals surface area contributed by atoms with E-state index >= 15 is 0 Å². The molecule has 0 radical (unpaired) electrons. The number of aryl methyl sites for hydroxylation is 4. The maximum Gasteiger partial charge on any atom is -0.0233 e. The van der Waals surface area contributed by atoms with Gasteiger partial charge in [0.1, 0.15) is 0 Å². The summed E-state index contributed by atoms with van der Waals surface area (Å²) in [7, 11) is 0. The Hall–Kier alpha value is -1.82. The molecule has 0 N–H and O–H groups in total. The molecule has 0 bridgehead atoms. The van der Waals surface area contributed by atoms with Crippen molar-refractivity contribution in [3.05, 3.63) is 76.4 Å². The van der Waals surface area contributed by atoms with Crippen LogP contribution in [-0.2, 0) is 12.8 Å². The zero-order valence-electron chi connectivity index (χ0n) is 12.2. The van der Waals surface area contributed by atoms with E-state index in [1.54, 1.807) is 0 Å². The zero-order chi connectivity index (χ0) is 13.8. The molecule has 0 aliphatic rings. The fraction of sp³-hybridized carbons (Fsp3) is 0.263. The summed E-state index contributed by atoms with van der Waals surface area (Å²) in [6, 6.07) is 13.2. The Balaban J connectivity index is 2.12. The molecule has 2 rings (SSSR count). The highest BCUT2D eigenvalue weighted by molar-refractivity contribution is 5.47. The lowest BCUT2D eigenvalue weighted by atomic mass is 9.94. The molecule has 19 heavy (non-hydrogen) atoms. The summed E-state index contributed by atoms with van der Waals surface area (Å²) >= 11 is 0. The van der Waals surface area contributed by atoms with Gasteiger partial charge in [0.05, 0.1) is 0 Å². The van der Waals surface area contributed by atoms with Crippen molar-refractivity contribution >= 4 is 6.08 Å². The lowest BCUT2D eigenvalue weighted by molar-refractivity contribution is 0.935. The average Bonchev–Trinajstić information content (AvgIpc) is 2.38. The third-order valence-electron chi connectivity index (χ3n) is 3.72. The van der Waals surface area contributed by atoms with E-state index in [2.05, 4.69) is 63.7 Å². The van der Waals surface area contributed by atoms with Gasteiger partial charge in [-0.05, 0) is 61.4 Å². The summed E-state index contributed by atoms with van der Waals surface area (Å²) < 4.78 is 0. The van der Waals surface area contributed by atoms with Gasteiger partial charge in [-0.15, -0.1) is 0 Å². The van der Waals surface area contributed by atoms with E-state index < -0.39 is 0 Å². The van der Waals surface area contributed by atoms with Gasteiger partial charge in [0.25, 0.3) is 0 Å². The molecular weight excluding hydrogens is 228 g/mol. The molecular formula is C19H22. The Labute approximate surface area is 116 Å². The fourth-order valence-corrected chi connectivity index (χ4v) is 2.69. The van der Waals surface area contributed by atoms with Crippen LogP contribution in [0.1, 0.15) is 33.4 Å². The van der Waals surface area contributed by atoms with Crippen LogP contribution >= 0.6 is 0 Å². The van der Waals surface area contributed by atoms with Crippen molar-refractivity contribution < 1.29 is 0 Å². The van der Waals surface area contributed by atoms with Crippen LogP contribution in [0.4, 0.5) is 0 Å². The van der Waals surface area contributed by atoms with E-state index in [1.807, 2.05) is 6.08 Å². The smallest absolute Gasteiger partial charge is 0.0233 e. The number of hydrogen-bond acceptors (Lipinski definition) is 0. The molecule has 0 saturated carbocycles. The molecule has 0 spiro atoms. The molecule has 98 valence electrons. The summed E-state index contributed by atoms with van der Waals surface area (Å²) in [5.74, 6) is 0. The number of hydrogen-bond donors (Lipinski definition) is 0. The first-order valence-electron chi connectivity index (χ1n) is 6.88. The number of rotatable bonds is 4. The van der Waals surface area contributed by atoms with Crippen molar-refractivity contribution in [2.45, 2.75) is 33.6 Å². The minimum Gasteiger partial charge on any atom is -0.0985 e. The maximum atomic E-state index is 3.79. The van der Waals surface area contributed by atoms with Gasteiger partial charge in [-0.2, -0.15) is 0 Å². The minimum atomic E-state index is 1.10. The third kappa shape index (κ3) is 3.35. The van der Waals surface area contributed by atoms with Crippen LogP contribution in [0.25, 0.3) is 6.08 Å². The Morgan fingerprint density at radius 1 is 0.895 bits per heavy atom. The molecule has 0 unspecified atom stereocenters. The lowest BCUT2D eigenvalue weighted by Gasteiger charge is -2.11. The summed E-state index contributed by atoms with van der Waals surface area (Å²) in [5, 5.41) is 0. The monoisotopic (exact) mass is 250 g/mol. The SMILES string of the molecule is C=Cc1ccc(CCc2c(C)cc(C)cc2C)cc1. The molecule has 0 fully saturated rings. The first-order chi connectivity index (χ1) is 9.10. The first-order valence-corrected chi connectivity index (χ1v) is 6.88. The van der Waals surface area contributed by atoms with Gasteiger partial charge < -0.3 is 0 Å². The number of benzene rings is 2. The highest BCUT2D eigenvalue weighted by atomic mass is 14.1. The summed E-state index contributed by atoms with van der Waals surface area (Å²) in [4.78, 5) is 0. The van der Waals surface area contributed by atoms with E-state index in [0.29, 0.717) is 0 Å². The molecule has 0 aromatic heterocycles. The molecule has 0 aliphatic carbocycles. The Bertz CT molecular complexity index is 550. The quantitative estimate of drug-likeness (QED) is 0.713. The molecule has 0 aliphatic heterocycles. The molecule has 2 aromatic carbocycles. The topological polar surface area (TPSA) is 0 Å². The highest BCUT2D eigenvalue weighted by Gasteiger charge is 2.04. The standard InChI is InChI=1S/C19H22/c1-5-17-6-8-18(9-7-17)10-11-19-15(3)12-14(2)13-16(19)4/h5-9,12-13H,1,10-11H2,2-4H3. The van der Waals surface area contributed by atoms with E-state index in [9.17, 15) is 0 Å². The van der Waals surface area contributed by atoms with Crippen molar-refractivity contribution in [1.29, 1.82) is 0 Å². The van der Waals surface area contributed by atoms with E-state index in [1.165, 1.54) is 33.4 Å². The minimum absolute atomic E-state index is 1.10. The molecule has 2 aromatic rings. The average molecular weight is 250 g/mol. The van der Waals surface area contributed by atoms with Crippen LogP contribution in [0.2, 0.25) is 0 Å². The van der Waals surface area contributed by atoms with Gasteiger partial charge in [0.15, 0.2) is 0 Å². The van der Waals surface area contributed by atoms with E-state index in [4.69, 9.17) is 0 Å². The van der Waals surface area contributed by atoms with Crippen LogP contribution in [0.5, 0.6) is 0 Å². The second-order valence-electron chi connectivity index (χ2n) is 5.32. The van der Waals surface area contributed by atoms with Gasteiger partial charge in [-0.1, -0.05) is 54.6 Å². The van der Waals surface area contributed by atoms with Gasteiger partial charge in [0, 0.05) is 0 Å². The van der Waals surface area contributed by atoms with Crippen molar-refractivity contribution in [2.24, 2.45) is 0 Å². The Morgan fingerprint density at radius 3 is 2.00 bits per heavy atom. The second-order valence-corrected chi connectivity index (χ2v) is 5.32. The van der Waals surface area contributed by atoms with Crippen molar-refractivity contribution in [3.63, 3.8) is 0 Å². The lowest BCUT2D eigenvalue weighted by Crippen LogP contribution is -1.98. The second kappa shape index (κ2) is 5.88. The predicted octanol–water partition coefficient (Wildman–Crippen LogP) is 5.04. The molecule has 0 atom stereocenters. The molecule has 0 heteroatoms. The van der Waals surface area contributed by atoms with Crippen molar-refractivity contribution in [2.75, 3.05) is 0 Å². The van der Waals surface area contributed by atoms with Crippen LogP contribution in [0.15, 0.2) is 43.0 Å². The summed E-state index contributed by atoms with van der Waals surface area (Å²) in [5.41, 5.74) is 8.27. The van der Waals surface area contributed by atoms with Gasteiger partial charge in [-0.3, -0.25) is 0 Å². The van der Waals surface area contributed by atoms with Crippen LogP contribution in [0.3, 0.4) is 0 Å². The molecule has 0 heterocycles. The fourth-order valence-electron chi connectivity index (χ4n) is 2.69. The van der Waals surface area contributed by atoms with Crippen molar-refractivity contribution in [3.8, 4) is 0 Å². The Kier molecular flexibility index (Phi) is 4.21. The largest absolute Gasteiger partial charge is 0.0985 e. The Morgan fingerprint density at radius 2 is 1.47 bits per heavy atom. The van der Waals surface area contributed by atoms with Gasteiger partial charge in [-0.25, -0.2) is 0 Å². The van der Waals surface area contributed by atoms with Gasteiger partial charge in [0.2, 0.25) is 0 Å². The van der Waals surface area contributed by atoms with Gasteiger partial charge >= 0.3 is 0 Å². The van der Waals surface area contributed by atoms with Crippen molar-refractivity contribution in [1.82, 2.24) is 0 Å². The van der Waals surface area contributed by atoms with E-state index in [-0.39, 0.29) is 0 Å². The summed E-state index contributed by atoms with van der Waals surface area (Å²) in [6.45, 7) is 10.4. The zero-order valence-corrected chi connectivity index (χ0v) is 12.2. The maximum absolute atomic E-state index is 3.79. The van der Waals surface area contributed by atoms with Crippen LogP contribution in [-0.4, -0.2) is 0 Å². The molecule has 0 saturated heterocycles. The predicted molar refractivity (Wildman–Crippen MR) is 84.6 cm³/mol.